The molecule has 2 N–H and O–H groups in total. The molecular weight excluding hydrogens is 412 g/mol. The molecule has 0 unspecified atom stereocenters. The number of aryl methyl sites for hydroxylation is 1. The normalized spacial score (nSPS) is 15.2. The number of nitrogens with one attached hydrogen (secondary N) is 1. The number of benzene rings is 2. The van der Waals surface area contributed by atoms with Crippen molar-refractivity contribution < 1.29 is 28.7 Å². The number of furan rings is 1. The molecular formula is C24H18N2O6. The van der Waals surface area contributed by atoms with E-state index in [4.69, 9.17) is 9.52 Å². The van der Waals surface area contributed by atoms with Gasteiger partial charge in [-0.3, -0.25) is 14.9 Å². The lowest BCUT2D eigenvalue weighted by molar-refractivity contribution is -0.122. The third-order valence-corrected chi connectivity index (χ3v) is 5.03. The predicted octanol–water partition coefficient (Wildman–Crippen LogP) is 3.87. The van der Waals surface area contributed by atoms with Crippen molar-refractivity contribution in [1.29, 1.82) is 0 Å². The first kappa shape index (κ1) is 20.8. The molecule has 1 aromatic heterocycles. The average Bonchev–Trinajstić information content (AvgIpc) is 3.26. The molecule has 1 fully saturated rings. The first-order valence-electron chi connectivity index (χ1n) is 9.81. The second-order valence-corrected chi connectivity index (χ2v) is 7.06. The smallest absolute Gasteiger partial charge is 0.335 e. The maximum atomic E-state index is 13.0. The Bertz CT molecular complexity index is 1250. The molecule has 0 radical (unpaired) electrons. The van der Waals surface area contributed by atoms with Crippen molar-refractivity contribution in [3.8, 4) is 11.3 Å². The van der Waals surface area contributed by atoms with Gasteiger partial charge in [0.05, 0.1) is 11.3 Å². The number of carbonyl (C=O) groups excluding carboxylic acids is 3. The Balaban J connectivity index is 1.62. The van der Waals surface area contributed by atoms with E-state index in [0.717, 1.165) is 16.9 Å². The molecule has 4 rings (SSSR count). The molecule has 3 aromatic rings. The van der Waals surface area contributed by atoms with Gasteiger partial charge in [0, 0.05) is 5.56 Å². The summed E-state index contributed by atoms with van der Waals surface area (Å²) in [7, 11) is 0. The molecule has 1 aliphatic rings. The Morgan fingerprint density at radius 1 is 1.00 bits per heavy atom. The van der Waals surface area contributed by atoms with E-state index >= 15 is 0 Å². The summed E-state index contributed by atoms with van der Waals surface area (Å²) < 4.78 is 5.71. The summed E-state index contributed by atoms with van der Waals surface area (Å²) in [4.78, 5) is 49.5. The van der Waals surface area contributed by atoms with Gasteiger partial charge in [0.25, 0.3) is 11.8 Å². The largest absolute Gasteiger partial charge is 0.478 e. The lowest BCUT2D eigenvalue weighted by atomic mass is 10.1. The van der Waals surface area contributed by atoms with E-state index in [1.165, 1.54) is 18.2 Å². The summed E-state index contributed by atoms with van der Waals surface area (Å²) in [6.07, 6.45) is 2.08. The summed E-state index contributed by atoms with van der Waals surface area (Å²) >= 11 is 0. The Morgan fingerprint density at radius 2 is 1.69 bits per heavy atom. The standard InChI is InChI=1S/C24H18N2O6/c1-2-14-3-9-17(10-4-14)26-22(28)19(21(27)25-24(26)31)13-18-11-12-20(32-18)15-5-7-16(8-6-15)23(29)30/h3-13H,2H2,1H3,(H,29,30)(H,25,27,31). The molecule has 2 aromatic carbocycles. The average molecular weight is 430 g/mol. The summed E-state index contributed by atoms with van der Waals surface area (Å²) in [6.45, 7) is 1.99. The molecule has 4 amide bonds. The van der Waals surface area contributed by atoms with Crippen LogP contribution in [0, 0.1) is 0 Å². The van der Waals surface area contributed by atoms with Gasteiger partial charge < -0.3 is 9.52 Å². The van der Waals surface area contributed by atoms with Crippen molar-refractivity contribution in [2.45, 2.75) is 13.3 Å². The van der Waals surface area contributed by atoms with E-state index in [0.29, 0.717) is 17.0 Å². The van der Waals surface area contributed by atoms with Crippen LogP contribution in [0.5, 0.6) is 0 Å². The van der Waals surface area contributed by atoms with Crippen molar-refractivity contribution in [3.05, 3.63) is 83.1 Å². The van der Waals surface area contributed by atoms with Gasteiger partial charge in [-0.05, 0) is 54.5 Å². The van der Waals surface area contributed by atoms with Crippen LogP contribution in [0.3, 0.4) is 0 Å². The highest BCUT2D eigenvalue weighted by atomic mass is 16.4. The Labute approximate surface area is 182 Å². The SMILES string of the molecule is CCc1ccc(N2C(=O)NC(=O)C(=Cc3ccc(-c4ccc(C(=O)O)cc4)o3)C2=O)cc1. The number of amides is 4. The number of carbonyl (C=O) groups is 4. The number of aromatic carboxylic acids is 1. The second kappa shape index (κ2) is 8.35. The van der Waals surface area contributed by atoms with E-state index in [-0.39, 0.29) is 16.9 Å². The molecule has 160 valence electrons. The number of carboxylic acid groups (broad SMARTS) is 1. The quantitative estimate of drug-likeness (QED) is 0.469. The lowest BCUT2D eigenvalue weighted by Crippen LogP contribution is -2.54. The fourth-order valence-corrected chi connectivity index (χ4v) is 3.28. The van der Waals surface area contributed by atoms with Crippen LogP contribution in [0.25, 0.3) is 17.4 Å². The molecule has 0 saturated carbocycles. The first-order valence-corrected chi connectivity index (χ1v) is 9.81. The Hall–Kier alpha value is -4.46. The summed E-state index contributed by atoms with van der Waals surface area (Å²) in [5.41, 5.74) is 1.92. The molecule has 8 heteroatoms. The maximum absolute atomic E-state index is 13.0. The minimum absolute atomic E-state index is 0.142. The third kappa shape index (κ3) is 3.93. The van der Waals surface area contributed by atoms with Gasteiger partial charge in [0.2, 0.25) is 0 Å². The minimum Gasteiger partial charge on any atom is -0.478 e. The van der Waals surface area contributed by atoms with E-state index in [1.807, 2.05) is 19.1 Å². The van der Waals surface area contributed by atoms with Crippen LogP contribution in [0.2, 0.25) is 0 Å². The van der Waals surface area contributed by atoms with Crippen LogP contribution < -0.4 is 10.2 Å². The topological polar surface area (TPSA) is 117 Å². The van der Waals surface area contributed by atoms with Crippen LogP contribution in [0.1, 0.15) is 28.6 Å². The molecule has 1 aliphatic heterocycles. The number of hydrogen-bond donors (Lipinski definition) is 2. The van der Waals surface area contributed by atoms with Crippen LogP contribution >= 0.6 is 0 Å². The molecule has 0 bridgehead atoms. The van der Waals surface area contributed by atoms with Gasteiger partial charge in [-0.15, -0.1) is 0 Å². The Kier molecular flexibility index (Phi) is 5.43. The number of rotatable bonds is 5. The molecule has 1 saturated heterocycles. The number of barbiturate groups is 1. The zero-order chi connectivity index (χ0) is 22.8. The van der Waals surface area contributed by atoms with Gasteiger partial charge >= 0.3 is 12.0 Å². The van der Waals surface area contributed by atoms with Gasteiger partial charge in [-0.25, -0.2) is 14.5 Å². The van der Waals surface area contributed by atoms with Crippen molar-refractivity contribution in [1.82, 2.24) is 5.32 Å². The number of urea groups is 1. The number of anilines is 1. The van der Waals surface area contributed by atoms with Crippen LogP contribution in [0.4, 0.5) is 10.5 Å². The maximum Gasteiger partial charge on any atom is 0.335 e. The Morgan fingerprint density at radius 3 is 2.31 bits per heavy atom. The van der Waals surface area contributed by atoms with E-state index in [2.05, 4.69) is 5.32 Å². The zero-order valence-electron chi connectivity index (χ0n) is 17.0. The molecule has 2 heterocycles. The summed E-state index contributed by atoms with van der Waals surface area (Å²) in [5, 5.41) is 11.2. The van der Waals surface area contributed by atoms with Crippen molar-refractivity contribution >= 4 is 35.6 Å². The highest BCUT2D eigenvalue weighted by Crippen LogP contribution is 2.26. The van der Waals surface area contributed by atoms with E-state index in [9.17, 15) is 19.2 Å². The number of imide groups is 2. The summed E-state index contributed by atoms with van der Waals surface area (Å²) in [5.74, 6) is -1.94. The molecule has 0 aliphatic carbocycles. The number of hydrogen-bond acceptors (Lipinski definition) is 5. The van der Waals surface area contributed by atoms with Crippen molar-refractivity contribution in [2.75, 3.05) is 4.90 Å². The lowest BCUT2D eigenvalue weighted by Gasteiger charge is -2.26. The first-order chi connectivity index (χ1) is 15.4. The number of nitrogens with zero attached hydrogens (tertiary/aromatic N) is 1. The van der Waals surface area contributed by atoms with Gasteiger partial charge in [0.15, 0.2) is 0 Å². The fourth-order valence-electron chi connectivity index (χ4n) is 3.28. The third-order valence-electron chi connectivity index (χ3n) is 5.03. The van der Waals surface area contributed by atoms with E-state index in [1.54, 1.807) is 36.4 Å². The highest BCUT2D eigenvalue weighted by molar-refractivity contribution is 6.39. The van der Waals surface area contributed by atoms with Crippen LogP contribution in [-0.2, 0) is 16.0 Å². The van der Waals surface area contributed by atoms with Gasteiger partial charge in [0.1, 0.15) is 17.1 Å². The molecule has 0 atom stereocenters. The summed E-state index contributed by atoms with van der Waals surface area (Å²) in [6, 6.07) is 15.4. The monoisotopic (exact) mass is 430 g/mol. The van der Waals surface area contributed by atoms with E-state index < -0.39 is 23.8 Å². The number of carboxylic acids is 1. The minimum atomic E-state index is -1.04. The molecule has 8 nitrogen and oxygen atoms in total. The highest BCUT2D eigenvalue weighted by Gasteiger charge is 2.37. The van der Waals surface area contributed by atoms with Crippen molar-refractivity contribution in [3.63, 3.8) is 0 Å². The van der Waals surface area contributed by atoms with Gasteiger partial charge in [-0.1, -0.05) is 31.2 Å². The predicted molar refractivity (Wildman–Crippen MR) is 116 cm³/mol. The molecule has 0 spiro atoms. The van der Waals surface area contributed by atoms with Crippen molar-refractivity contribution in [2.24, 2.45) is 0 Å². The fraction of sp³-hybridized carbons (Fsp3) is 0.0833. The van der Waals surface area contributed by atoms with Gasteiger partial charge in [-0.2, -0.15) is 0 Å². The van der Waals surface area contributed by atoms with Crippen LogP contribution in [-0.4, -0.2) is 28.9 Å². The zero-order valence-corrected chi connectivity index (χ0v) is 17.0. The second-order valence-electron chi connectivity index (χ2n) is 7.06. The van der Waals surface area contributed by atoms with Crippen LogP contribution in [0.15, 0.2) is 70.7 Å². The molecule has 32 heavy (non-hydrogen) atoms.